The number of nitrogens with zero attached hydrogens (tertiary/aromatic N) is 1. The van der Waals surface area contributed by atoms with Gasteiger partial charge in [0.05, 0.1) is 7.11 Å². The van der Waals surface area contributed by atoms with E-state index in [9.17, 15) is 4.79 Å². The summed E-state index contributed by atoms with van der Waals surface area (Å²) >= 11 is 5.01. The number of esters is 1. The molecule has 0 amide bonds. The minimum Gasteiger partial charge on any atom is -0.468 e. The molecule has 0 heterocycles. The smallest absolute Gasteiger partial charge is 0.320 e. The predicted octanol–water partition coefficient (Wildman–Crippen LogP) is 1.22. The number of alkyl halides is 1. The first-order chi connectivity index (χ1) is 6.07. The van der Waals surface area contributed by atoms with Gasteiger partial charge >= 0.3 is 5.97 Å². The number of ether oxygens (including phenoxy) is 1. The normalized spacial score (nSPS) is 13.0. The highest BCUT2D eigenvalue weighted by atomic mass is 79.9. The van der Waals surface area contributed by atoms with Crippen molar-refractivity contribution in [3.8, 4) is 0 Å². The molecule has 78 valence electrons. The van der Waals surface area contributed by atoms with Crippen LogP contribution in [0, 0.1) is 0 Å². The van der Waals surface area contributed by atoms with Gasteiger partial charge in [-0.3, -0.25) is 4.79 Å². The Balaban J connectivity index is 3.37. The van der Waals surface area contributed by atoms with E-state index >= 15 is 0 Å². The van der Waals surface area contributed by atoms with E-state index in [1.807, 2.05) is 14.1 Å². The maximum Gasteiger partial charge on any atom is 0.320 e. The number of halogens is 1. The summed E-state index contributed by atoms with van der Waals surface area (Å²) in [6, 6.07) is 0. The second kappa shape index (κ2) is 7.64. The first kappa shape index (κ1) is 13.3. The van der Waals surface area contributed by atoms with Gasteiger partial charge < -0.3 is 9.64 Å². The summed E-state index contributed by atoms with van der Waals surface area (Å²) in [6.07, 6.45) is 0. The Labute approximate surface area is 92.3 Å². The Morgan fingerprint density at radius 1 is 1.62 bits per heavy atom. The van der Waals surface area contributed by atoms with E-state index in [1.54, 1.807) is 11.8 Å². The van der Waals surface area contributed by atoms with Crippen LogP contribution in [0.5, 0.6) is 0 Å². The van der Waals surface area contributed by atoms with Crippen molar-refractivity contribution in [2.24, 2.45) is 0 Å². The minimum atomic E-state index is -0.197. The lowest BCUT2D eigenvalue weighted by Gasteiger charge is -2.10. The van der Waals surface area contributed by atoms with Gasteiger partial charge in [-0.1, -0.05) is 15.9 Å². The third-order valence-corrected chi connectivity index (χ3v) is 3.57. The minimum absolute atomic E-state index is 0.176. The predicted molar refractivity (Wildman–Crippen MR) is 60.6 cm³/mol. The van der Waals surface area contributed by atoms with E-state index in [4.69, 9.17) is 0 Å². The van der Waals surface area contributed by atoms with Crippen LogP contribution in [0.25, 0.3) is 0 Å². The molecule has 0 N–H and O–H groups in total. The van der Waals surface area contributed by atoms with Crippen LogP contribution in [0.15, 0.2) is 0 Å². The van der Waals surface area contributed by atoms with Gasteiger partial charge in [-0.25, -0.2) is 0 Å². The van der Waals surface area contributed by atoms with Crippen molar-refractivity contribution in [3.63, 3.8) is 0 Å². The van der Waals surface area contributed by atoms with E-state index in [-0.39, 0.29) is 10.8 Å². The molecule has 0 aromatic rings. The summed E-state index contributed by atoms with van der Waals surface area (Å²) in [5.41, 5.74) is 0. The molecule has 13 heavy (non-hydrogen) atoms. The first-order valence-electron chi connectivity index (χ1n) is 4.02. The number of hydrogen-bond acceptors (Lipinski definition) is 4. The van der Waals surface area contributed by atoms with Gasteiger partial charge in [0.15, 0.2) is 0 Å². The van der Waals surface area contributed by atoms with Crippen LogP contribution in [0.1, 0.15) is 0 Å². The molecule has 0 radical (unpaired) electrons. The average Bonchev–Trinajstić information content (AvgIpc) is 2.10. The van der Waals surface area contributed by atoms with Crippen molar-refractivity contribution < 1.29 is 9.53 Å². The molecule has 0 fully saturated rings. The second-order valence-electron chi connectivity index (χ2n) is 2.87. The van der Waals surface area contributed by atoms with Crippen LogP contribution in [0.3, 0.4) is 0 Å². The highest BCUT2D eigenvalue weighted by Crippen LogP contribution is 2.11. The van der Waals surface area contributed by atoms with Crippen LogP contribution in [0.2, 0.25) is 0 Å². The fourth-order valence-electron chi connectivity index (χ4n) is 0.630. The van der Waals surface area contributed by atoms with Crippen LogP contribution in [-0.4, -0.2) is 55.0 Å². The van der Waals surface area contributed by atoms with E-state index < -0.39 is 0 Å². The largest absolute Gasteiger partial charge is 0.468 e. The van der Waals surface area contributed by atoms with Crippen molar-refractivity contribution in [1.82, 2.24) is 4.90 Å². The van der Waals surface area contributed by atoms with Gasteiger partial charge in [0.25, 0.3) is 0 Å². The standard InChI is InChI=1S/C8H16BrNO2S/c1-10(2)4-5-13-6-7(9)8(11)12-3/h7H,4-6H2,1-3H3. The monoisotopic (exact) mass is 269 g/mol. The SMILES string of the molecule is COC(=O)C(Br)CSCCN(C)C. The van der Waals surface area contributed by atoms with Crippen LogP contribution >= 0.6 is 27.7 Å². The van der Waals surface area contributed by atoms with E-state index in [0.29, 0.717) is 0 Å². The van der Waals surface area contributed by atoms with Crippen LogP contribution in [0.4, 0.5) is 0 Å². The summed E-state index contributed by atoms with van der Waals surface area (Å²) < 4.78 is 4.58. The van der Waals surface area contributed by atoms with Crippen molar-refractivity contribution >= 4 is 33.7 Å². The molecule has 0 saturated carbocycles. The lowest BCUT2D eigenvalue weighted by Crippen LogP contribution is -2.20. The van der Waals surface area contributed by atoms with E-state index in [2.05, 4.69) is 25.6 Å². The topological polar surface area (TPSA) is 29.5 Å². The molecule has 0 aliphatic carbocycles. The van der Waals surface area contributed by atoms with Crippen molar-refractivity contribution in [2.45, 2.75) is 4.83 Å². The zero-order valence-corrected chi connectivity index (χ0v) is 10.7. The summed E-state index contributed by atoms with van der Waals surface area (Å²) in [6.45, 7) is 1.03. The number of carbonyl (C=O) groups is 1. The van der Waals surface area contributed by atoms with Gasteiger partial charge in [0.1, 0.15) is 4.83 Å². The summed E-state index contributed by atoms with van der Waals surface area (Å²) in [5.74, 6) is 1.60. The Hall–Kier alpha value is 0.260. The van der Waals surface area contributed by atoms with Gasteiger partial charge in [0.2, 0.25) is 0 Å². The molecular formula is C8H16BrNO2S. The Morgan fingerprint density at radius 2 is 2.23 bits per heavy atom. The quantitative estimate of drug-likeness (QED) is 0.412. The highest BCUT2D eigenvalue weighted by molar-refractivity contribution is 9.10. The number of carbonyl (C=O) groups excluding carboxylic acids is 1. The van der Waals surface area contributed by atoms with Crippen LogP contribution in [-0.2, 0) is 9.53 Å². The molecule has 5 heteroatoms. The maximum atomic E-state index is 10.9. The molecule has 0 aromatic heterocycles. The van der Waals surface area contributed by atoms with E-state index in [0.717, 1.165) is 18.1 Å². The lowest BCUT2D eigenvalue weighted by molar-refractivity contribution is -0.139. The summed E-state index contributed by atoms with van der Waals surface area (Å²) in [5, 5.41) is 0. The molecule has 0 aliphatic rings. The van der Waals surface area contributed by atoms with Crippen LogP contribution < -0.4 is 0 Å². The third kappa shape index (κ3) is 7.34. The number of rotatable bonds is 6. The zero-order valence-electron chi connectivity index (χ0n) is 8.25. The van der Waals surface area contributed by atoms with Gasteiger partial charge in [-0.05, 0) is 14.1 Å². The molecule has 0 spiro atoms. The fourth-order valence-corrected chi connectivity index (χ4v) is 2.38. The molecule has 0 bridgehead atoms. The number of thioether (sulfide) groups is 1. The molecule has 1 atom stereocenters. The number of hydrogen-bond donors (Lipinski definition) is 0. The Kier molecular flexibility index (Phi) is 7.80. The molecule has 3 nitrogen and oxygen atoms in total. The Bertz CT molecular complexity index is 155. The molecule has 0 rings (SSSR count). The number of methoxy groups -OCH3 is 1. The molecule has 1 unspecified atom stereocenters. The van der Waals surface area contributed by atoms with E-state index in [1.165, 1.54) is 7.11 Å². The van der Waals surface area contributed by atoms with Crippen molar-refractivity contribution in [3.05, 3.63) is 0 Å². The van der Waals surface area contributed by atoms with Gasteiger partial charge in [-0.2, -0.15) is 11.8 Å². The average molecular weight is 270 g/mol. The Morgan fingerprint density at radius 3 is 2.69 bits per heavy atom. The van der Waals surface area contributed by atoms with Gasteiger partial charge in [0, 0.05) is 18.1 Å². The summed E-state index contributed by atoms with van der Waals surface area (Å²) in [7, 11) is 5.47. The van der Waals surface area contributed by atoms with Crippen molar-refractivity contribution in [2.75, 3.05) is 39.3 Å². The second-order valence-corrected chi connectivity index (χ2v) is 5.12. The highest BCUT2D eigenvalue weighted by Gasteiger charge is 2.14. The maximum absolute atomic E-state index is 10.9. The fraction of sp³-hybridized carbons (Fsp3) is 0.875. The van der Waals surface area contributed by atoms with Gasteiger partial charge in [-0.15, -0.1) is 0 Å². The summed E-state index contributed by atoms with van der Waals surface area (Å²) in [4.78, 5) is 12.9. The molecule has 0 saturated heterocycles. The first-order valence-corrected chi connectivity index (χ1v) is 6.09. The third-order valence-electron chi connectivity index (χ3n) is 1.40. The molecular weight excluding hydrogens is 254 g/mol. The zero-order chi connectivity index (χ0) is 10.3. The molecule has 0 aliphatic heterocycles. The van der Waals surface area contributed by atoms with Crippen molar-refractivity contribution in [1.29, 1.82) is 0 Å². The molecule has 0 aromatic carbocycles. The lowest BCUT2D eigenvalue weighted by atomic mass is 10.5.